The lowest BCUT2D eigenvalue weighted by Crippen LogP contribution is -2.40. The third-order valence-corrected chi connectivity index (χ3v) is 6.20. The van der Waals surface area contributed by atoms with Crippen molar-refractivity contribution in [2.45, 2.75) is 26.4 Å². The van der Waals surface area contributed by atoms with Crippen molar-refractivity contribution < 1.29 is 19.1 Å². The molecule has 7 heteroatoms. The Balaban J connectivity index is 1.37. The Hall–Kier alpha value is -3.06. The number of likely N-dealkylation sites (tertiary alicyclic amines) is 1. The molecule has 2 fully saturated rings. The fraction of sp³-hybridized carbons (Fsp3) is 0.292. The number of amides is 3. The number of benzene rings is 2. The molecule has 0 atom stereocenters. The number of hydrogen-bond donors (Lipinski definition) is 0. The smallest absolute Gasteiger partial charge is 0.294 e. The Labute approximate surface area is 185 Å². The van der Waals surface area contributed by atoms with E-state index in [1.807, 2.05) is 49.4 Å². The number of aryl methyl sites for hydroxylation is 1. The van der Waals surface area contributed by atoms with E-state index < -0.39 is 11.1 Å². The molecule has 0 N–H and O–H groups in total. The molecule has 0 aromatic heterocycles. The van der Waals surface area contributed by atoms with Crippen LogP contribution < -0.4 is 4.74 Å². The van der Waals surface area contributed by atoms with Crippen molar-refractivity contribution >= 4 is 34.9 Å². The minimum atomic E-state index is -0.415. The van der Waals surface area contributed by atoms with Crippen LogP contribution >= 0.6 is 11.8 Å². The van der Waals surface area contributed by atoms with Gasteiger partial charge in [-0.2, -0.15) is 0 Å². The van der Waals surface area contributed by atoms with Crippen molar-refractivity contribution in [2.75, 3.05) is 19.6 Å². The van der Waals surface area contributed by atoms with Gasteiger partial charge in [-0.3, -0.25) is 19.3 Å². The Morgan fingerprint density at radius 1 is 1.10 bits per heavy atom. The van der Waals surface area contributed by atoms with E-state index in [2.05, 4.69) is 6.07 Å². The molecule has 2 aliphatic rings. The maximum Gasteiger partial charge on any atom is 0.294 e. The summed E-state index contributed by atoms with van der Waals surface area (Å²) in [6.07, 6.45) is 3.62. The predicted octanol–water partition coefficient (Wildman–Crippen LogP) is 4.23. The molecule has 2 heterocycles. The fourth-order valence-electron chi connectivity index (χ4n) is 3.62. The Morgan fingerprint density at radius 2 is 1.84 bits per heavy atom. The van der Waals surface area contributed by atoms with E-state index in [0.717, 1.165) is 46.4 Å². The lowest BCUT2D eigenvalue weighted by molar-refractivity contribution is -0.135. The average Bonchev–Trinajstić information content (AvgIpc) is 3.38. The number of carbonyl (C=O) groups excluding carboxylic acids is 3. The van der Waals surface area contributed by atoms with Gasteiger partial charge >= 0.3 is 0 Å². The zero-order chi connectivity index (χ0) is 21.8. The van der Waals surface area contributed by atoms with Gasteiger partial charge < -0.3 is 9.64 Å². The van der Waals surface area contributed by atoms with Crippen LogP contribution in [0.2, 0.25) is 0 Å². The lowest BCUT2D eigenvalue weighted by Gasteiger charge is -2.18. The standard InChI is InChI=1S/C24H24N2O4S/c1-17-5-4-6-19(13-17)16-30-20-9-7-18(8-10-20)14-21-23(28)26(24(29)31-21)15-22(27)25-11-2-3-12-25/h4-10,13-14H,2-3,11-12,15-16H2,1H3/b21-14+. The van der Waals surface area contributed by atoms with E-state index in [1.54, 1.807) is 11.0 Å². The van der Waals surface area contributed by atoms with E-state index >= 15 is 0 Å². The first-order valence-corrected chi connectivity index (χ1v) is 11.1. The van der Waals surface area contributed by atoms with Gasteiger partial charge in [0.05, 0.1) is 4.91 Å². The van der Waals surface area contributed by atoms with Gasteiger partial charge in [0, 0.05) is 13.1 Å². The summed E-state index contributed by atoms with van der Waals surface area (Å²) in [5, 5.41) is -0.401. The summed E-state index contributed by atoms with van der Waals surface area (Å²) in [6, 6.07) is 15.5. The second kappa shape index (κ2) is 9.39. The van der Waals surface area contributed by atoms with E-state index in [9.17, 15) is 14.4 Å². The maximum absolute atomic E-state index is 12.6. The van der Waals surface area contributed by atoms with Gasteiger partial charge in [0.1, 0.15) is 18.9 Å². The summed E-state index contributed by atoms with van der Waals surface area (Å²) >= 11 is 0.871. The van der Waals surface area contributed by atoms with E-state index in [1.165, 1.54) is 5.56 Å². The summed E-state index contributed by atoms with van der Waals surface area (Å²) in [5.74, 6) is 0.140. The van der Waals surface area contributed by atoms with Crippen LogP contribution in [0.1, 0.15) is 29.5 Å². The molecule has 0 radical (unpaired) electrons. The van der Waals surface area contributed by atoms with E-state index in [-0.39, 0.29) is 12.5 Å². The number of imide groups is 1. The molecule has 0 unspecified atom stereocenters. The molecule has 0 aliphatic carbocycles. The SMILES string of the molecule is Cc1cccc(COc2ccc(/C=C3/SC(=O)N(CC(=O)N4CCCC4)C3=O)cc2)c1. The summed E-state index contributed by atoms with van der Waals surface area (Å²) in [5.41, 5.74) is 3.08. The molecular weight excluding hydrogens is 412 g/mol. The Bertz CT molecular complexity index is 1030. The molecule has 0 bridgehead atoms. The van der Waals surface area contributed by atoms with Crippen LogP contribution in [-0.4, -0.2) is 46.5 Å². The third-order valence-electron chi connectivity index (χ3n) is 5.29. The minimum Gasteiger partial charge on any atom is -0.489 e. The normalized spacial score (nSPS) is 17.6. The van der Waals surface area contributed by atoms with E-state index in [4.69, 9.17) is 4.74 Å². The molecule has 2 aromatic rings. The molecule has 160 valence electrons. The molecule has 0 saturated carbocycles. The van der Waals surface area contributed by atoms with Gasteiger partial charge in [-0.1, -0.05) is 42.0 Å². The van der Waals surface area contributed by atoms with Crippen LogP contribution in [0, 0.1) is 6.92 Å². The summed E-state index contributed by atoms with van der Waals surface area (Å²) in [7, 11) is 0. The van der Waals surface area contributed by atoms with Gasteiger partial charge in [0.25, 0.3) is 11.1 Å². The predicted molar refractivity (Wildman–Crippen MR) is 120 cm³/mol. The first kappa shape index (κ1) is 21.2. The van der Waals surface area contributed by atoms with Crippen molar-refractivity contribution in [3.63, 3.8) is 0 Å². The molecule has 0 spiro atoms. The number of ether oxygens (including phenoxy) is 1. The number of thioether (sulfide) groups is 1. The summed E-state index contributed by atoms with van der Waals surface area (Å²) in [4.78, 5) is 40.3. The maximum atomic E-state index is 12.6. The van der Waals surface area contributed by atoms with Crippen LogP contribution in [0.4, 0.5) is 4.79 Å². The molecule has 31 heavy (non-hydrogen) atoms. The Kier molecular flexibility index (Phi) is 6.42. The highest BCUT2D eigenvalue weighted by Crippen LogP contribution is 2.32. The highest BCUT2D eigenvalue weighted by molar-refractivity contribution is 8.18. The molecule has 3 amide bonds. The number of carbonyl (C=O) groups is 3. The van der Waals surface area contributed by atoms with E-state index in [0.29, 0.717) is 24.6 Å². The molecule has 6 nitrogen and oxygen atoms in total. The monoisotopic (exact) mass is 436 g/mol. The lowest BCUT2D eigenvalue weighted by atomic mass is 10.1. The minimum absolute atomic E-state index is 0.170. The van der Waals surface area contributed by atoms with Crippen LogP contribution in [0.5, 0.6) is 5.75 Å². The van der Waals surface area contributed by atoms with Crippen LogP contribution in [-0.2, 0) is 16.2 Å². The van der Waals surface area contributed by atoms with Gasteiger partial charge in [-0.15, -0.1) is 0 Å². The van der Waals surface area contributed by atoms with Crippen LogP contribution in [0.25, 0.3) is 6.08 Å². The quantitative estimate of drug-likeness (QED) is 0.634. The van der Waals surface area contributed by atoms with Gasteiger partial charge in [-0.25, -0.2) is 0 Å². The van der Waals surface area contributed by atoms with Crippen LogP contribution in [0.15, 0.2) is 53.4 Å². The third kappa shape index (κ3) is 5.17. The highest BCUT2D eigenvalue weighted by atomic mass is 32.2. The average molecular weight is 437 g/mol. The highest BCUT2D eigenvalue weighted by Gasteiger charge is 2.37. The largest absolute Gasteiger partial charge is 0.489 e. The summed E-state index contributed by atoms with van der Waals surface area (Å²) in [6.45, 7) is 3.73. The van der Waals surface area contributed by atoms with Crippen molar-refractivity contribution in [2.24, 2.45) is 0 Å². The van der Waals surface area contributed by atoms with Crippen molar-refractivity contribution in [1.29, 1.82) is 0 Å². The van der Waals surface area contributed by atoms with Gasteiger partial charge in [-0.05, 0) is 60.9 Å². The molecule has 2 aliphatic heterocycles. The number of nitrogens with zero attached hydrogens (tertiary/aromatic N) is 2. The first-order valence-electron chi connectivity index (χ1n) is 10.3. The molecular formula is C24H24N2O4S. The van der Waals surface area contributed by atoms with Crippen molar-refractivity contribution in [3.8, 4) is 5.75 Å². The summed E-state index contributed by atoms with van der Waals surface area (Å²) < 4.78 is 5.82. The van der Waals surface area contributed by atoms with Gasteiger partial charge in [0.2, 0.25) is 5.91 Å². The molecule has 4 rings (SSSR count). The van der Waals surface area contributed by atoms with Crippen molar-refractivity contribution in [1.82, 2.24) is 9.80 Å². The van der Waals surface area contributed by atoms with Crippen LogP contribution in [0.3, 0.4) is 0 Å². The Morgan fingerprint density at radius 3 is 2.55 bits per heavy atom. The number of rotatable bonds is 6. The second-order valence-electron chi connectivity index (χ2n) is 7.70. The first-order chi connectivity index (χ1) is 15.0. The fourth-order valence-corrected chi connectivity index (χ4v) is 4.46. The molecule has 2 aromatic carbocycles. The number of hydrogen-bond acceptors (Lipinski definition) is 5. The second-order valence-corrected chi connectivity index (χ2v) is 8.70. The van der Waals surface area contributed by atoms with Crippen molar-refractivity contribution in [3.05, 3.63) is 70.1 Å². The topological polar surface area (TPSA) is 66.9 Å². The van der Waals surface area contributed by atoms with Gasteiger partial charge in [0.15, 0.2) is 0 Å². The molecule has 2 saturated heterocycles. The zero-order valence-electron chi connectivity index (χ0n) is 17.4. The zero-order valence-corrected chi connectivity index (χ0v) is 18.2.